The van der Waals surface area contributed by atoms with Gasteiger partial charge in [-0.3, -0.25) is 0 Å². The molecule has 3 N–H and O–H groups in total. The molecule has 0 radical (unpaired) electrons. The zero-order valence-electron chi connectivity index (χ0n) is 16.2. The molecular weight excluding hydrogens is 374 g/mol. The van der Waals surface area contributed by atoms with Crippen molar-refractivity contribution < 1.29 is 14.9 Å². The van der Waals surface area contributed by atoms with Crippen molar-refractivity contribution in [2.24, 2.45) is 0 Å². The molecule has 0 aromatic heterocycles. The van der Waals surface area contributed by atoms with Crippen LogP contribution in [0, 0.1) is 0 Å². The van der Waals surface area contributed by atoms with Gasteiger partial charge in [0.25, 0.3) is 0 Å². The van der Waals surface area contributed by atoms with Crippen LogP contribution in [-0.2, 0) is 10.3 Å². The number of aromatic hydroxyl groups is 2. The van der Waals surface area contributed by atoms with Gasteiger partial charge < -0.3 is 20.3 Å². The summed E-state index contributed by atoms with van der Waals surface area (Å²) in [6, 6.07) is 33.2. The van der Waals surface area contributed by atoms with Crippen LogP contribution in [0.25, 0.3) is 0 Å². The molecule has 148 valence electrons. The maximum absolute atomic E-state index is 10.1. The number of hydrogen-bond donors (Lipinski definition) is 3. The largest absolute Gasteiger partial charge is 0.504 e. The van der Waals surface area contributed by atoms with Gasteiger partial charge in [0.05, 0.1) is 0 Å². The van der Waals surface area contributed by atoms with Crippen LogP contribution in [0.3, 0.4) is 0 Å². The molecule has 4 heteroatoms. The van der Waals surface area contributed by atoms with Crippen molar-refractivity contribution in [2.45, 2.75) is 11.8 Å². The van der Waals surface area contributed by atoms with Crippen LogP contribution in [0.15, 0.2) is 103 Å². The number of phenols is 2. The molecule has 0 saturated carbocycles. The minimum absolute atomic E-state index is 0.160. The van der Waals surface area contributed by atoms with Crippen molar-refractivity contribution in [2.75, 3.05) is 5.32 Å². The molecule has 5 rings (SSSR count). The van der Waals surface area contributed by atoms with Crippen LogP contribution >= 0.6 is 0 Å². The Morgan fingerprint density at radius 3 is 1.90 bits per heavy atom. The molecule has 4 aromatic carbocycles. The summed E-state index contributed by atoms with van der Waals surface area (Å²) < 4.78 is 6.85. The molecule has 1 heterocycles. The van der Waals surface area contributed by atoms with Gasteiger partial charge in [-0.05, 0) is 29.3 Å². The summed E-state index contributed by atoms with van der Waals surface area (Å²) in [6.07, 6.45) is -0.535. The highest BCUT2D eigenvalue weighted by Crippen LogP contribution is 2.50. The average molecular weight is 395 g/mol. The van der Waals surface area contributed by atoms with Crippen molar-refractivity contribution >= 4 is 5.69 Å². The summed E-state index contributed by atoms with van der Waals surface area (Å²) >= 11 is 0. The summed E-state index contributed by atoms with van der Waals surface area (Å²) in [5.74, 6) is -0.339. The third-order valence-electron chi connectivity index (χ3n) is 5.55. The number of hydrogen-bond acceptors (Lipinski definition) is 4. The van der Waals surface area contributed by atoms with Crippen LogP contribution in [0.1, 0.15) is 28.5 Å². The van der Waals surface area contributed by atoms with E-state index >= 15 is 0 Å². The first kappa shape index (κ1) is 18.3. The number of rotatable bonds is 3. The fourth-order valence-electron chi connectivity index (χ4n) is 4.14. The zero-order valence-corrected chi connectivity index (χ0v) is 16.2. The normalized spacial score (nSPS) is 17.0. The molecule has 0 aliphatic carbocycles. The SMILES string of the molecule is Oc1ccc([C@@H]2Nc3ccccc3C(c3ccccc3)(c3ccccc3)O2)cc1O. The summed E-state index contributed by atoms with van der Waals surface area (Å²) in [5, 5.41) is 23.2. The van der Waals surface area contributed by atoms with E-state index in [1.54, 1.807) is 6.07 Å². The molecule has 0 saturated heterocycles. The highest BCUT2D eigenvalue weighted by atomic mass is 16.5. The predicted molar refractivity (Wildman–Crippen MR) is 116 cm³/mol. The molecule has 4 aromatic rings. The van der Waals surface area contributed by atoms with E-state index in [0.717, 1.165) is 27.9 Å². The lowest BCUT2D eigenvalue weighted by Crippen LogP contribution is -2.40. The molecule has 1 aliphatic rings. The molecule has 0 spiro atoms. The number of ether oxygens (including phenoxy) is 1. The number of anilines is 1. The molecule has 0 bridgehead atoms. The molecule has 0 unspecified atom stereocenters. The van der Waals surface area contributed by atoms with Gasteiger partial charge in [-0.1, -0.05) is 84.9 Å². The van der Waals surface area contributed by atoms with Crippen LogP contribution in [0.2, 0.25) is 0 Å². The van der Waals surface area contributed by atoms with Gasteiger partial charge in [0.1, 0.15) is 5.60 Å². The summed E-state index contributed by atoms with van der Waals surface area (Å²) in [5.41, 5.74) is 3.87. The number of phenolic OH excluding ortho intramolecular Hbond substituents is 2. The van der Waals surface area contributed by atoms with Gasteiger partial charge in [-0.15, -0.1) is 0 Å². The fraction of sp³-hybridized carbons (Fsp3) is 0.0769. The Hall–Kier alpha value is -3.76. The number of nitrogens with one attached hydrogen (secondary N) is 1. The summed E-state index contributed by atoms with van der Waals surface area (Å²) in [4.78, 5) is 0. The topological polar surface area (TPSA) is 61.7 Å². The first-order valence-corrected chi connectivity index (χ1v) is 9.85. The summed E-state index contributed by atoms with van der Waals surface area (Å²) in [6.45, 7) is 0. The highest BCUT2D eigenvalue weighted by molar-refractivity contribution is 5.64. The third-order valence-corrected chi connectivity index (χ3v) is 5.55. The van der Waals surface area contributed by atoms with Crippen molar-refractivity contribution in [3.05, 3.63) is 125 Å². The second kappa shape index (κ2) is 7.25. The monoisotopic (exact) mass is 395 g/mol. The molecule has 1 atom stereocenters. The zero-order chi connectivity index (χ0) is 20.6. The third kappa shape index (κ3) is 2.90. The average Bonchev–Trinajstić information content (AvgIpc) is 2.81. The highest BCUT2D eigenvalue weighted by Gasteiger charge is 2.44. The molecule has 0 fully saturated rings. The van der Waals surface area contributed by atoms with Crippen molar-refractivity contribution in [3.8, 4) is 11.5 Å². The standard InChI is InChI=1S/C26H21NO3/c28-23-16-15-18(17-24(23)29)25-27-22-14-8-7-13-21(22)26(30-25,19-9-3-1-4-10-19)20-11-5-2-6-12-20/h1-17,25,27-29H/t25-/m1/s1. The van der Waals surface area contributed by atoms with E-state index in [2.05, 4.69) is 35.6 Å². The van der Waals surface area contributed by atoms with Gasteiger partial charge in [0.2, 0.25) is 0 Å². The Balaban J connectivity index is 1.77. The summed E-state index contributed by atoms with van der Waals surface area (Å²) in [7, 11) is 0. The number of para-hydroxylation sites is 1. The lowest BCUT2D eigenvalue weighted by atomic mass is 9.78. The predicted octanol–water partition coefficient (Wildman–Crippen LogP) is 5.53. The number of fused-ring (bicyclic) bond motifs is 1. The van der Waals surface area contributed by atoms with Gasteiger partial charge in [0.15, 0.2) is 17.7 Å². The molecule has 4 nitrogen and oxygen atoms in total. The Kier molecular flexibility index (Phi) is 4.42. The lowest BCUT2D eigenvalue weighted by molar-refractivity contribution is -0.0433. The van der Waals surface area contributed by atoms with Crippen LogP contribution < -0.4 is 5.32 Å². The maximum atomic E-state index is 10.1. The number of benzene rings is 4. The first-order chi connectivity index (χ1) is 14.7. The van der Waals surface area contributed by atoms with E-state index in [1.165, 1.54) is 12.1 Å². The van der Waals surface area contributed by atoms with Gasteiger partial charge in [-0.25, -0.2) is 0 Å². The fourth-order valence-corrected chi connectivity index (χ4v) is 4.14. The van der Waals surface area contributed by atoms with Crippen LogP contribution in [-0.4, -0.2) is 10.2 Å². The van der Waals surface area contributed by atoms with Gasteiger partial charge >= 0.3 is 0 Å². The van der Waals surface area contributed by atoms with E-state index in [1.807, 2.05) is 54.6 Å². The van der Waals surface area contributed by atoms with E-state index in [9.17, 15) is 10.2 Å². The molecule has 30 heavy (non-hydrogen) atoms. The Morgan fingerprint density at radius 2 is 1.27 bits per heavy atom. The Bertz CT molecular complexity index is 1140. The smallest absolute Gasteiger partial charge is 0.157 e. The van der Waals surface area contributed by atoms with Gasteiger partial charge in [-0.2, -0.15) is 0 Å². The molecule has 1 aliphatic heterocycles. The Labute approximate surface area is 175 Å². The molecular formula is C26H21NO3. The molecule has 0 amide bonds. The van der Waals surface area contributed by atoms with E-state index in [0.29, 0.717) is 0 Å². The van der Waals surface area contributed by atoms with Gasteiger partial charge in [0, 0.05) is 16.8 Å². The van der Waals surface area contributed by atoms with Crippen molar-refractivity contribution in [1.29, 1.82) is 0 Å². The van der Waals surface area contributed by atoms with Crippen molar-refractivity contribution in [3.63, 3.8) is 0 Å². The first-order valence-electron chi connectivity index (χ1n) is 9.85. The van der Waals surface area contributed by atoms with Crippen molar-refractivity contribution in [1.82, 2.24) is 0 Å². The second-order valence-electron chi connectivity index (χ2n) is 7.35. The second-order valence-corrected chi connectivity index (χ2v) is 7.35. The lowest BCUT2D eigenvalue weighted by Gasteiger charge is -2.44. The maximum Gasteiger partial charge on any atom is 0.157 e. The minimum Gasteiger partial charge on any atom is -0.504 e. The minimum atomic E-state index is -0.845. The van der Waals surface area contributed by atoms with E-state index in [-0.39, 0.29) is 11.5 Å². The van der Waals surface area contributed by atoms with E-state index in [4.69, 9.17) is 4.74 Å². The van der Waals surface area contributed by atoms with Crippen LogP contribution in [0.5, 0.6) is 11.5 Å². The van der Waals surface area contributed by atoms with Crippen LogP contribution in [0.4, 0.5) is 5.69 Å². The van der Waals surface area contributed by atoms with E-state index < -0.39 is 11.8 Å². The quantitative estimate of drug-likeness (QED) is 0.399. The Morgan fingerprint density at radius 1 is 0.667 bits per heavy atom.